The second-order valence-electron chi connectivity index (χ2n) is 7.08. The number of carbonyl (C=O) groups excluding carboxylic acids is 1. The number of hydrogen-bond donors (Lipinski definition) is 2. The van der Waals surface area contributed by atoms with E-state index in [9.17, 15) is 4.79 Å². The average molecular weight is 341 g/mol. The molecule has 134 valence electrons. The van der Waals surface area contributed by atoms with E-state index in [0.29, 0.717) is 19.0 Å². The molecule has 0 unspecified atom stereocenters. The molecule has 0 fully saturated rings. The van der Waals surface area contributed by atoms with Crippen LogP contribution in [0.4, 0.5) is 10.6 Å². The van der Waals surface area contributed by atoms with Crippen LogP contribution in [0.2, 0.25) is 0 Å². The van der Waals surface area contributed by atoms with Crippen LogP contribution < -0.4 is 15.4 Å². The van der Waals surface area contributed by atoms with Gasteiger partial charge >= 0.3 is 6.03 Å². The summed E-state index contributed by atoms with van der Waals surface area (Å²) < 4.78 is 5.71. The third-order valence-electron chi connectivity index (χ3n) is 3.75. The standard InChI is InChI=1S/C20H27N3O2/c1-15-10-12-21-18(14-15)23-19(24)22-11-5-13-25-17-8-6-16(7-9-17)20(2,3)4/h6-10,12,14H,5,11,13H2,1-4H3,(H2,21,22,23,24). The van der Waals surface area contributed by atoms with Crippen molar-refractivity contribution in [1.82, 2.24) is 10.3 Å². The Hall–Kier alpha value is -2.56. The average Bonchev–Trinajstić information content (AvgIpc) is 2.54. The van der Waals surface area contributed by atoms with Crippen molar-refractivity contribution in [2.75, 3.05) is 18.5 Å². The summed E-state index contributed by atoms with van der Waals surface area (Å²) in [6.07, 6.45) is 2.40. The highest BCUT2D eigenvalue weighted by atomic mass is 16.5. The van der Waals surface area contributed by atoms with Crippen molar-refractivity contribution in [1.29, 1.82) is 0 Å². The number of rotatable bonds is 6. The third kappa shape index (κ3) is 6.45. The summed E-state index contributed by atoms with van der Waals surface area (Å²) in [4.78, 5) is 15.9. The predicted molar refractivity (Wildman–Crippen MR) is 101 cm³/mol. The number of urea groups is 1. The number of aromatic nitrogens is 1. The topological polar surface area (TPSA) is 63.2 Å². The quantitative estimate of drug-likeness (QED) is 0.771. The minimum Gasteiger partial charge on any atom is -0.494 e. The number of pyridine rings is 1. The van der Waals surface area contributed by atoms with E-state index < -0.39 is 0 Å². The van der Waals surface area contributed by atoms with E-state index in [0.717, 1.165) is 17.7 Å². The number of amides is 2. The molecule has 0 radical (unpaired) electrons. The van der Waals surface area contributed by atoms with E-state index in [1.165, 1.54) is 5.56 Å². The van der Waals surface area contributed by atoms with Gasteiger partial charge in [0.2, 0.25) is 0 Å². The molecule has 0 spiro atoms. The molecule has 0 aliphatic carbocycles. The van der Waals surface area contributed by atoms with Crippen molar-refractivity contribution >= 4 is 11.8 Å². The van der Waals surface area contributed by atoms with E-state index in [4.69, 9.17) is 4.74 Å². The van der Waals surface area contributed by atoms with Crippen LogP contribution in [-0.4, -0.2) is 24.2 Å². The van der Waals surface area contributed by atoms with Gasteiger partial charge in [-0.05, 0) is 54.2 Å². The first-order valence-corrected chi connectivity index (χ1v) is 8.55. The summed E-state index contributed by atoms with van der Waals surface area (Å²) in [6.45, 7) is 9.61. The maximum absolute atomic E-state index is 11.8. The van der Waals surface area contributed by atoms with Gasteiger partial charge in [-0.25, -0.2) is 9.78 Å². The first-order valence-electron chi connectivity index (χ1n) is 8.55. The van der Waals surface area contributed by atoms with Gasteiger partial charge in [0.15, 0.2) is 0 Å². The highest BCUT2D eigenvalue weighted by Gasteiger charge is 2.12. The molecule has 2 N–H and O–H groups in total. The number of ether oxygens (including phenoxy) is 1. The highest BCUT2D eigenvalue weighted by molar-refractivity contribution is 5.88. The molecular weight excluding hydrogens is 314 g/mol. The van der Waals surface area contributed by atoms with Crippen molar-refractivity contribution in [2.45, 2.75) is 39.5 Å². The lowest BCUT2D eigenvalue weighted by molar-refractivity contribution is 0.250. The maximum Gasteiger partial charge on any atom is 0.320 e. The number of nitrogens with one attached hydrogen (secondary N) is 2. The molecule has 5 nitrogen and oxygen atoms in total. The Labute approximate surface area is 149 Å². The van der Waals surface area contributed by atoms with E-state index in [1.54, 1.807) is 6.20 Å². The number of aryl methyl sites for hydroxylation is 1. The normalized spacial score (nSPS) is 11.0. The molecule has 2 rings (SSSR count). The summed E-state index contributed by atoms with van der Waals surface area (Å²) in [5.74, 6) is 1.40. The Balaban J connectivity index is 1.65. The Morgan fingerprint density at radius 2 is 1.88 bits per heavy atom. The molecule has 0 saturated carbocycles. The second kappa shape index (κ2) is 8.51. The molecule has 1 aromatic heterocycles. The minimum absolute atomic E-state index is 0.141. The van der Waals surface area contributed by atoms with Crippen molar-refractivity contribution in [3.63, 3.8) is 0 Å². The van der Waals surface area contributed by atoms with E-state index in [1.807, 2.05) is 31.2 Å². The zero-order chi connectivity index (χ0) is 18.3. The third-order valence-corrected chi connectivity index (χ3v) is 3.75. The molecule has 0 aliphatic heterocycles. The van der Waals surface area contributed by atoms with Crippen molar-refractivity contribution in [3.05, 3.63) is 53.7 Å². The molecular formula is C20H27N3O2. The van der Waals surface area contributed by atoms with Gasteiger partial charge in [-0.3, -0.25) is 5.32 Å². The summed E-state index contributed by atoms with van der Waals surface area (Å²) in [5.41, 5.74) is 2.47. The molecule has 2 aromatic rings. The Bertz CT molecular complexity index is 691. The van der Waals surface area contributed by atoms with Gasteiger partial charge in [0, 0.05) is 12.7 Å². The largest absolute Gasteiger partial charge is 0.494 e. The van der Waals surface area contributed by atoms with Crippen LogP contribution in [0, 0.1) is 6.92 Å². The molecule has 0 atom stereocenters. The van der Waals surface area contributed by atoms with Crippen LogP contribution in [0.25, 0.3) is 0 Å². The lowest BCUT2D eigenvalue weighted by atomic mass is 9.87. The molecule has 2 amide bonds. The van der Waals surface area contributed by atoms with Crippen molar-refractivity contribution in [3.8, 4) is 5.75 Å². The Kier molecular flexibility index (Phi) is 6.39. The van der Waals surface area contributed by atoms with Crippen LogP contribution in [0.3, 0.4) is 0 Å². The first-order chi connectivity index (χ1) is 11.8. The summed E-state index contributed by atoms with van der Waals surface area (Å²) in [5, 5.41) is 5.51. The fourth-order valence-corrected chi connectivity index (χ4v) is 2.28. The van der Waals surface area contributed by atoms with Crippen LogP contribution in [-0.2, 0) is 5.41 Å². The predicted octanol–water partition coefficient (Wildman–Crippen LogP) is 4.28. The van der Waals surface area contributed by atoms with Gasteiger partial charge in [0.05, 0.1) is 6.61 Å². The smallest absolute Gasteiger partial charge is 0.320 e. The summed E-state index contributed by atoms with van der Waals surface area (Å²) >= 11 is 0. The number of anilines is 1. The molecule has 5 heteroatoms. The van der Waals surface area contributed by atoms with Crippen LogP contribution in [0.15, 0.2) is 42.6 Å². The lowest BCUT2D eigenvalue weighted by Gasteiger charge is -2.19. The maximum atomic E-state index is 11.8. The molecule has 1 heterocycles. The first kappa shape index (κ1) is 18.8. The molecule has 25 heavy (non-hydrogen) atoms. The number of hydrogen-bond acceptors (Lipinski definition) is 3. The SMILES string of the molecule is Cc1ccnc(NC(=O)NCCCOc2ccc(C(C)(C)C)cc2)c1. The van der Waals surface area contributed by atoms with E-state index >= 15 is 0 Å². The fraction of sp³-hybridized carbons (Fsp3) is 0.400. The van der Waals surface area contributed by atoms with Crippen LogP contribution in [0.5, 0.6) is 5.75 Å². The van der Waals surface area contributed by atoms with Gasteiger partial charge in [-0.2, -0.15) is 0 Å². The summed E-state index contributed by atoms with van der Waals surface area (Å²) in [6, 6.07) is 11.6. The second-order valence-corrected chi connectivity index (χ2v) is 7.08. The minimum atomic E-state index is -0.257. The molecule has 0 bridgehead atoms. The molecule has 0 aliphatic rings. The van der Waals surface area contributed by atoms with Crippen LogP contribution >= 0.6 is 0 Å². The van der Waals surface area contributed by atoms with E-state index in [-0.39, 0.29) is 11.4 Å². The van der Waals surface area contributed by atoms with Gasteiger partial charge < -0.3 is 10.1 Å². The number of carbonyl (C=O) groups is 1. The Morgan fingerprint density at radius 3 is 2.52 bits per heavy atom. The van der Waals surface area contributed by atoms with Gasteiger partial charge in [0.1, 0.15) is 11.6 Å². The van der Waals surface area contributed by atoms with Gasteiger partial charge in [0.25, 0.3) is 0 Å². The van der Waals surface area contributed by atoms with Crippen LogP contribution in [0.1, 0.15) is 38.3 Å². The van der Waals surface area contributed by atoms with Crippen molar-refractivity contribution < 1.29 is 9.53 Å². The van der Waals surface area contributed by atoms with Gasteiger partial charge in [-0.15, -0.1) is 0 Å². The zero-order valence-corrected chi connectivity index (χ0v) is 15.4. The molecule has 0 saturated heterocycles. The van der Waals surface area contributed by atoms with Crippen molar-refractivity contribution in [2.24, 2.45) is 0 Å². The molecule has 1 aromatic carbocycles. The zero-order valence-electron chi connectivity index (χ0n) is 15.4. The highest BCUT2D eigenvalue weighted by Crippen LogP contribution is 2.24. The van der Waals surface area contributed by atoms with E-state index in [2.05, 4.69) is 48.5 Å². The Morgan fingerprint density at radius 1 is 1.16 bits per heavy atom. The monoisotopic (exact) mass is 341 g/mol. The number of benzene rings is 1. The fourth-order valence-electron chi connectivity index (χ4n) is 2.28. The lowest BCUT2D eigenvalue weighted by Crippen LogP contribution is -2.30. The summed E-state index contributed by atoms with van der Waals surface area (Å²) in [7, 11) is 0. The number of nitrogens with zero attached hydrogens (tertiary/aromatic N) is 1. The van der Waals surface area contributed by atoms with Gasteiger partial charge in [-0.1, -0.05) is 32.9 Å².